The molecule has 4 N–H and O–H groups in total. The molecule has 0 spiro atoms. The van der Waals surface area contributed by atoms with E-state index >= 15 is 0 Å². The molecule has 1 aliphatic heterocycles. The van der Waals surface area contributed by atoms with Gasteiger partial charge in [0.1, 0.15) is 6.04 Å². The van der Waals surface area contributed by atoms with E-state index in [2.05, 4.69) is 10.6 Å². The summed E-state index contributed by atoms with van der Waals surface area (Å²) >= 11 is 6.98. The molecule has 6 nitrogen and oxygen atoms in total. The molecule has 1 aliphatic rings. The van der Waals surface area contributed by atoms with E-state index in [4.69, 9.17) is 17.3 Å². The van der Waals surface area contributed by atoms with Gasteiger partial charge < -0.3 is 11.1 Å². The number of halogens is 1. The summed E-state index contributed by atoms with van der Waals surface area (Å²) in [5.74, 6) is -1.11. The molecule has 19 heavy (non-hydrogen) atoms. The maximum Gasteiger partial charge on any atom is 0.249 e. The quantitative estimate of drug-likeness (QED) is 0.705. The molecule has 1 aromatic rings. The SMILES string of the molecule is Nc1sc(Cl)cc1CC(=O)NC1CCC(=O)NC1=O. The smallest absolute Gasteiger partial charge is 0.249 e. The van der Waals surface area contributed by atoms with Crippen LogP contribution in [0.15, 0.2) is 6.07 Å². The fraction of sp³-hybridized carbons (Fsp3) is 0.364. The third kappa shape index (κ3) is 3.45. The first-order valence-electron chi connectivity index (χ1n) is 5.62. The van der Waals surface area contributed by atoms with Gasteiger partial charge in [0.25, 0.3) is 0 Å². The lowest BCUT2D eigenvalue weighted by Crippen LogP contribution is -2.52. The molecule has 0 bridgehead atoms. The van der Waals surface area contributed by atoms with Crippen LogP contribution in [0.5, 0.6) is 0 Å². The summed E-state index contributed by atoms with van der Waals surface area (Å²) in [5.41, 5.74) is 6.34. The van der Waals surface area contributed by atoms with Gasteiger partial charge in [-0.05, 0) is 18.1 Å². The van der Waals surface area contributed by atoms with Crippen molar-refractivity contribution in [2.45, 2.75) is 25.3 Å². The molecule has 102 valence electrons. The van der Waals surface area contributed by atoms with Gasteiger partial charge in [-0.2, -0.15) is 0 Å². The number of rotatable bonds is 3. The molecule has 0 aromatic carbocycles. The monoisotopic (exact) mass is 301 g/mol. The molecule has 3 amide bonds. The van der Waals surface area contributed by atoms with Gasteiger partial charge in [-0.3, -0.25) is 19.7 Å². The Morgan fingerprint density at radius 3 is 2.89 bits per heavy atom. The Labute approximate surface area is 118 Å². The summed E-state index contributed by atoms with van der Waals surface area (Å²) in [6.07, 6.45) is 0.603. The van der Waals surface area contributed by atoms with Crippen molar-refractivity contribution < 1.29 is 14.4 Å². The minimum Gasteiger partial charge on any atom is -0.390 e. The lowest BCUT2D eigenvalue weighted by molar-refractivity contribution is -0.137. The predicted octanol–water partition coefficient (Wildman–Crippen LogP) is 0.448. The number of imide groups is 1. The van der Waals surface area contributed by atoms with Gasteiger partial charge in [-0.25, -0.2) is 0 Å². The summed E-state index contributed by atoms with van der Waals surface area (Å²) in [5, 5.41) is 5.24. The van der Waals surface area contributed by atoms with Gasteiger partial charge >= 0.3 is 0 Å². The number of amides is 3. The number of nitrogens with two attached hydrogens (primary N) is 1. The van der Waals surface area contributed by atoms with Gasteiger partial charge in [0.05, 0.1) is 15.8 Å². The fourth-order valence-electron chi connectivity index (χ4n) is 1.80. The Morgan fingerprint density at radius 1 is 1.58 bits per heavy atom. The number of hydrogen-bond acceptors (Lipinski definition) is 5. The fourth-order valence-corrected chi connectivity index (χ4v) is 2.85. The second kappa shape index (κ2) is 5.58. The highest BCUT2D eigenvalue weighted by Gasteiger charge is 2.27. The van der Waals surface area contributed by atoms with Crippen LogP contribution in [0.3, 0.4) is 0 Å². The van der Waals surface area contributed by atoms with E-state index in [-0.39, 0.29) is 24.7 Å². The highest BCUT2D eigenvalue weighted by molar-refractivity contribution is 7.19. The van der Waals surface area contributed by atoms with Crippen LogP contribution in [-0.4, -0.2) is 23.8 Å². The maximum absolute atomic E-state index is 11.8. The third-order valence-corrected chi connectivity index (χ3v) is 3.87. The molecule has 2 rings (SSSR count). The van der Waals surface area contributed by atoms with Gasteiger partial charge in [-0.1, -0.05) is 11.6 Å². The summed E-state index contributed by atoms with van der Waals surface area (Å²) in [4.78, 5) is 34.2. The molecular formula is C11H12ClN3O3S. The van der Waals surface area contributed by atoms with Gasteiger partial charge in [0, 0.05) is 6.42 Å². The average molecular weight is 302 g/mol. The van der Waals surface area contributed by atoms with E-state index in [1.165, 1.54) is 11.3 Å². The first-order valence-corrected chi connectivity index (χ1v) is 6.82. The van der Waals surface area contributed by atoms with Crippen molar-refractivity contribution in [2.75, 3.05) is 5.73 Å². The minimum atomic E-state index is -0.666. The highest BCUT2D eigenvalue weighted by Crippen LogP contribution is 2.29. The molecular weight excluding hydrogens is 290 g/mol. The molecule has 1 fully saturated rings. The normalized spacial score (nSPS) is 19.1. The van der Waals surface area contributed by atoms with Gasteiger partial charge in [-0.15, -0.1) is 11.3 Å². The zero-order chi connectivity index (χ0) is 14.0. The van der Waals surface area contributed by atoms with Gasteiger partial charge in [0.15, 0.2) is 0 Å². The first kappa shape index (κ1) is 13.8. The number of carbonyl (C=O) groups excluding carboxylic acids is 3. The molecule has 8 heteroatoms. The Balaban J connectivity index is 1.93. The Hall–Kier alpha value is -1.60. The Kier molecular flexibility index (Phi) is 4.06. The first-order chi connectivity index (χ1) is 8.95. The third-order valence-electron chi connectivity index (χ3n) is 2.74. The standard InChI is InChI=1S/C11H12ClN3O3S/c12-7-3-5(10(13)19-7)4-9(17)14-6-1-2-8(16)15-11(6)18/h3,6H,1-2,4,13H2,(H,14,17)(H,15,16,18). The van der Waals surface area contributed by atoms with Crippen LogP contribution in [0.4, 0.5) is 5.00 Å². The van der Waals surface area contributed by atoms with Crippen molar-refractivity contribution in [3.05, 3.63) is 16.0 Å². The molecule has 0 aliphatic carbocycles. The van der Waals surface area contributed by atoms with Gasteiger partial charge in [0.2, 0.25) is 17.7 Å². The van der Waals surface area contributed by atoms with E-state index < -0.39 is 11.9 Å². The zero-order valence-corrected chi connectivity index (χ0v) is 11.4. The van der Waals surface area contributed by atoms with Crippen LogP contribution in [0.2, 0.25) is 4.34 Å². The second-order valence-electron chi connectivity index (χ2n) is 4.19. The molecule has 0 saturated carbocycles. The molecule has 1 unspecified atom stereocenters. The van der Waals surface area contributed by atoms with Crippen molar-refractivity contribution in [3.8, 4) is 0 Å². The van der Waals surface area contributed by atoms with Crippen molar-refractivity contribution in [1.82, 2.24) is 10.6 Å². The zero-order valence-electron chi connectivity index (χ0n) is 9.86. The van der Waals surface area contributed by atoms with E-state index in [1.807, 2.05) is 0 Å². The van der Waals surface area contributed by atoms with Crippen molar-refractivity contribution in [3.63, 3.8) is 0 Å². The van der Waals surface area contributed by atoms with Crippen molar-refractivity contribution in [1.29, 1.82) is 0 Å². The second-order valence-corrected chi connectivity index (χ2v) is 5.90. The summed E-state index contributed by atoms with van der Waals surface area (Å²) in [6, 6.07) is 0.964. The minimum absolute atomic E-state index is 0.0623. The lowest BCUT2D eigenvalue weighted by Gasteiger charge is -2.21. The van der Waals surface area contributed by atoms with E-state index in [9.17, 15) is 14.4 Å². The number of nitrogens with one attached hydrogen (secondary N) is 2. The highest BCUT2D eigenvalue weighted by atomic mass is 35.5. The maximum atomic E-state index is 11.8. The number of hydrogen-bond donors (Lipinski definition) is 3. The molecule has 1 atom stereocenters. The molecule has 1 saturated heterocycles. The Bertz CT molecular complexity index is 543. The van der Waals surface area contributed by atoms with Crippen LogP contribution in [0.25, 0.3) is 0 Å². The van der Waals surface area contributed by atoms with Crippen LogP contribution >= 0.6 is 22.9 Å². The lowest BCUT2D eigenvalue weighted by atomic mass is 10.1. The van der Waals surface area contributed by atoms with Crippen molar-refractivity contribution >= 4 is 45.7 Å². The number of anilines is 1. The summed E-state index contributed by atoms with van der Waals surface area (Å²) < 4.78 is 0.515. The number of nitrogen functional groups attached to an aromatic ring is 1. The van der Waals surface area contributed by atoms with Crippen LogP contribution in [-0.2, 0) is 20.8 Å². The average Bonchev–Trinajstić information content (AvgIpc) is 2.61. The van der Waals surface area contributed by atoms with E-state index in [1.54, 1.807) is 6.07 Å². The predicted molar refractivity (Wildman–Crippen MR) is 71.8 cm³/mol. The number of carbonyl (C=O) groups is 3. The van der Waals surface area contributed by atoms with E-state index in [0.717, 1.165) is 0 Å². The number of thiophene rings is 1. The van der Waals surface area contributed by atoms with Crippen LogP contribution < -0.4 is 16.4 Å². The van der Waals surface area contributed by atoms with E-state index in [0.29, 0.717) is 21.3 Å². The van der Waals surface area contributed by atoms with Crippen LogP contribution in [0.1, 0.15) is 18.4 Å². The topological polar surface area (TPSA) is 101 Å². The molecule has 1 aromatic heterocycles. The largest absolute Gasteiger partial charge is 0.390 e. The molecule has 2 heterocycles. The summed E-state index contributed by atoms with van der Waals surface area (Å²) in [6.45, 7) is 0. The molecule has 0 radical (unpaired) electrons. The Morgan fingerprint density at radius 2 is 2.32 bits per heavy atom. The van der Waals surface area contributed by atoms with Crippen LogP contribution in [0, 0.1) is 0 Å². The van der Waals surface area contributed by atoms with Crippen molar-refractivity contribution in [2.24, 2.45) is 0 Å². The summed E-state index contributed by atoms with van der Waals surface area (Å²) in [7, 11) is 0. The number of piperidine rings is 1.